The second-order valence-electron chi connectivity index (χ2n) is 5.43. The van der Waals surface area contributed by atoms with Crippen molar-refractivity contribution >= 4 is 17.2 Å². The van der Waals surface area contributed by atoms with Crippen molar-refractivity contribution in [1.29, 1.82) is 0 Å². The van der Waals surface area contributed by atoms with Crippen molar-refractivity contribution in [2.75, 3.05) is 7.05 Å². The minimum absolute atomic E-state index is 0.0333. The monoisotopic (exact) mass is 290 g/mol. The average Bonchev–Trinajstić information content (AvgIpc) is 3.07. The maximum atomic E-state index is 12.6. The smallest absolute Gasteiger partial charge is 0.257 e. The highest BCUT2D eigenvalue weighted by Crippen LogP contribution is 2.41. The van der Waals surface area contributed by atoms with E-state index < -0.39 is 0 Å². The minimum Gasteiger partial charge on any atom is -0.335 e. The Hall–Kier alpha value is -1.69. The first kappa shape index (κ1) is 13.3. The minimum atomic E-state index is 0.0333. The first-order chi connectivity index (χ1) is 9.56. The molecule has 0 atom stereocenters. The van der Waals surface area contributed by atoms with Gasteiger partial charge >= 0.3 is 0 Å². The Kier molecular flexibility index (Phi) is 3.33. The summed E-state index contributed by atoms with van der Waals surface area (Å²) in [7, 11) is 1.82. The van der Waals surface area contributed by atoms with Crippen LogP contribution in [0.5, 0.6) is 0 Å². The number of H-pyrrole nitrogens is 1. The lowest BCUT2D eigenvalue weighted by Gasteiger charge is -2.16. The highest BCUT2D eigenvalue weighted by Gasteiger charge is 2.33. The van der Waals surface area contributed by atoms with E-state index in [0.717, 1.165) is 40.5 Å². The number of rotatable bonds is 4. The number of amides is 1. The van der Waals surface area contributed by atoms with E-state index in [2.05, 4.69) is 15.2 Å². The molecule has 0 aromatic carbocycles. The van der Waals surface area contributed by atoms with Crippen LogP contribution in [-0.4, -0.2) is 33.0 Å². The molecule has 0 spiro atoms. The predicted molar refractivity (Wildman–Crippen MR) is 77.9 cm³/mol. The van der Waals surface area contributed by atoms with Gasteiger partial charge in [-0.15, -0.1) is 11.3 Å². The number of thiazole rings is 1. The number of nitrogens with one attached hydrogen (secondary N) is 1. The third-order valence-electron chi connectivity index (χ3n) is 3.54. The molecule has 1 aliphatic rings. The molecule has 0 unspecified atom stereocenters. The number of hydrogen-bond acceptors (Lipinski definition) is 4. The van der Waals surface area contributed by atoms with Crippen LogP contribution in [0.2, 0.25) is 0 Å². The summed E-state index contributed by atoms with van der Waals surface area (Å²) in [5, 5.41) is 10.2. The summed E-state index contributed by atoms with van der Waals surface area (Å²) < 4.78 is 0. The van der Waals surface area contributed by atoms with Crippen molar-refractivity contribution in [1.82, 2.24) is 20.1 Å². The highest BCUT2D eigenvalue weighted by molar-refractivity contribution is 7.09. The van der Waals surface area contributed by atoms with Crippen LogP contribution in [0.15, 0.2) is 5.38 Å². The number of aromatic nitrogens is 3. The molecule has 1 saturated carbocycles. The van der Waals surface area contributed by atoms with Crippen LogP contribution in [0.25, 0.3) is 0 Å². The lowest BCUT2D eigenvalue weighted by atomic mass is 10.1. The number of carbonyl (C=O) groups is 1. The van der Waals surface area contributed by atoms with E-state index in [1.54, 1.807) is 16.2 Å². The molecular weight excluding hydrogens is 272 g/mol. The summed E-state index contributed by atoms with van der Waals surface area (Å²) in [5.74, 6) is 0.500. The molecule has 0 radical (unpaired) electrons. The van der Waals surface area contributed by atoms with Crippen molar-refractivity contribution in [2.45, 2.75) is 39.2 Å². The normalized spacial score (nSPS) is 14.6. The van der Waals surface area contributed by atoms with Gasteiger partial charge in [0.25, 0.3) is 5.91 Å². The molecule has 5 nitrogen and oxygen atoms in total. The van der Waals surface area contributed by atoms with Crippen LogP contribution in [0.4, 0.5) is 0 Å². The van der Waals surface area contributed by atoms with E-state index in [1.807, 2.05) is 26.3 Å². The molecule has 1 aliphatic carbocycles. The zero-order chi connectivity index (χ0) is 14.3. The van der Waals surface area contributed by atoms with Crippen molar-refractivity contribution in [3.63, 3.8) is 0 Å². The van der Waals surface area contributed by atoms with E-state index >= 15 is 0 Å². The van der Waals surface area contributed by atoms with E-state index in [4.69, 9.17) is 0 Å². The third kappa shape index (κ3) is 2.47. The molecule has 0 saturated heterocycles. The molecule has 1 N–H and O–H groups in total. The fourth-order valence-electron chi connectivity index (χ4n) is 2.31. The lowest BCUT2D eigenvalue weighted by Crippen LogP contribution is -2.27. The molecule has 0 bridgehead atoms. The Morgan fingerprint density at radius 3 is 2.85 bits per heavy atom. The van der Waals surface area contributed by atoms with Crippen molar-refractivity contribution < 1.29 is 4.79 Å². The summed E-state index contributed by atoms with van der Waals surface area (Å²) in [6.07, 6.45) is 2.28. The average molecular weight is 290 g/mol. The van der Waals surface area contributed by atoms with Crippen LogP contribution in [0, 0.1) is 13.8 Å². The molecule has 20 heavy (non-hydrogen) atoms. The standard InChI is InChI=1S/C14H18N4OS/c1-8-7-20-11(15-8)6-18(3)14(19)12-9(2)16-17-13(12)10-4-5-10/h7,10H,4-6H2,1-3H3,(H,16,17). The van der Waals surface area contributed by atoms with Crippen LogP contribution in [-0.2, 0) is 6.54 Å². The van der Waals surface area contributed by atoms with Gasteiger partial charge < -0.3 is 4.90 Å². The highest BCUT2D eigenvalue weighted by atomic mass is 32.1. The zero-order valence-electron chi connectivity index (χ0n) is 11.9. The first-order valence-corrected chi connectivity index (χ1v) is 7.65. The van der Waals surface area contributed by atoms with Crippen molar-refractivity contribution in [3.8, 4) is 0 Å². The number of carbonyl (C=O) groups excluding carboxylic acids is 1. The fourth-order valence-corrected chi connectivity index (χ4v) is 3.14. The fraction of sp³-hybridized carbons (Fsp3) is 0.500. The van der Waals surface area contributed by atoms with Gasteiger partial charge in [-0.3, -0.25) is 9.89 Å². The quantitative estimate of drug-likeness (QED) is 0.941. The van der Waals surface area contributed by atoms with Gasteiger partial charge in [0.05, 0.1) is 17.8 Å². The second kappa shape index (κ2) is 5.01. The van der Waals surface area contributed by atoms with Gasteiger partial charge in [0.15, 0.2) is 0 Å². The summed E-state index contributed by atoms with van der Waals surface area (Å²) in [5.41, 5.74) is 3.56. The van der Waals surface area contributed by atoms with Crippen molar-refractivity contribution in [3.05, 3.63) is 33.0 Å². The Bertz CT molecular complexity index is 641. The SMILES string of the molecule is Cc1csc(CN(C)C(=O)c2c(C3CC3)n[nH]c2C)n1. The topological polar surface area (TPSA) is 61.9 Å². The van der Waals surface area contributed by atoms with Gasteiger partial charge in [-0.2, -0.15) is 5.10 Å². The number of hydrogen-bond donors (Lipinski definition) is 1. The maximum absolute atomic E-state index is 12.6. The van der Waals surface area contributed by atoms with Crippen LogP contribution >= 0.6 is 11.3 Å². The Morgan fingerprint density at radius 2 is 2.25 bits per heavy atom. The molecule has 2 heterocycles. The molecule has 0 aliphatic heterocycles. The summed E-state index contributed by atoms with van der Waals surface area (Å²) >= 11 is 1.59. The summed E-state index contributed by atoms with van der Waals surface area (Å²) in [6, 6.07) is 0. The first-order valence-electron chi connectivity index (χ1n) is 6.77. The number of aromatic amines is 1. The van der Waals surface area contributed by atoms with Crippen LogP contribution in [0.3, 0.4) is 0 Å². The summed E-state index contributed by atoms with van der Waals surface area (Å²) in [6.45, 7) is 4.42. The van der Waals surface area contributed by atoms with Gasteiger partial charge in [-0.05, 0) is 26.7 Å². The van der Waals surface area contributed by atoms with Gasteiger partial charge in [0.2, 0.25) is 0 Å². The molecule has 106 valence electrons. The molecule has 6 heteroatoms. The van der Waals surface area contributed by atoms with E-state index in [-0.39, 0.29) is 5.91 Å². The molecule has 1 amide bonds. The predicted octanol–water partition coefficient (Wildman–Crippen LogP) is 2.63. The second-order valence-corrected chi connectivity index (χ2v) is 6.37. The molecular formula is C14H18N4OS. The summed E-state index contributed by atoms with van der Waals surface area (Å²) in [4.78, 5) is 18.8. The van der Waals surface area contributed by atoms with Crippen LogP contribution < -0.4 is 0 Å². The lowest BCUT2D eigenvalue weighted by molar-refractivity contribution is 0.0783. The van der Waals surface area contributed by atoms with Gasteiger partial charge in [0.1, 0.15) is 5.01 Å². The number of aryl methyl sites for hydroxylation is 2. The van der Waals surface area contributed by atoms with Crippen LogP contribution in [0.1, 0.15) is 51.2 Å². The number of nitrogens with zero attached hydrogens (tertiary/aromatic N) is 3. The molecule has 3 rings (SSSR count). The Morgan fingerprint density at radius 1 is 1.50 bits per heavy atom. The van der Waals surface area contributed by atoms with Gasteiger partial charge in [0, 0.05) is 29.7 Å². The van der Waals surface area contributed by atoms with Gasteiger partial charge in [-0.1, -0.05) is 0 Å². The largest absolute Gasteiger partial charge is 0.335 e. The van der Waals surface area contributed by atoms with Crippen molar-refractivity contribution in [2.24, 2.45) is 0 Å². The van der Waals surface area contributed by atoms with E-state index in [0.29, 0.717) is 12.5 Å². The third-order valence-corrected chi connectivity index (χ3v) is 4.49. The molecule has 2 aromatic heterocycles. The Balaban J connectivity index is 1.79. The maximum Gasteiger partial charge on any atom is 0.257 e. The Labute approximate surface area is 122 Å². The van der Waals surface area contributed by atoms with E-state index in [9.17, 15) is 4.79 Å². The van der Waals surface area contributed by atoms with Gasteiger partial charge in [-0.25, -0.2) is 4.98 Å². The molecule has 2 aromatic rings. The molecule has 1 fully saturated rings. The van der Waals surface area contributed by atoms with E-state index in [1.165, 1.54) is 0 Å². The zero-order valence-corrected chi connectivity index (χ0v) is 12.8.